The Morgan fingerprint density at radius 3 is 2.52 bits per heavy atom. The maximum atomic E-state index is 12.7. The Balaban J connectivity index is 2.27. The summed E-state index contributed by atoms with van der Waals surface area (Å²) in [4.78, 5) is 0.506. The highest BCUT2D eigenvalue weighted by atomic mass is 32.2. The summed E-state index contributed by atoms with van der Waals surface area (Å²) in [5, 5.41) is 0. The molecular weight excluding hydrogens is 308 g/mol. The van der Waals surface area contributed by atoms with Crippen LogP contribution in [0.2, 0.25) is 0 Å². The van der Waals surface area contributed by atoms with E-state index in [2.05, 4.69) is 0 Å². The highest BCUT2D eigenvalue weighted by Gasteiger charge is 2.36. The monoisotopic (exact) mass is 328 g/mol. The van der Waals surface area contributed by atoms with E-state index in [1.165, 1.54) is 4.31 Å². The van der Waals surface area contributed by atoms with Crippen molar-refractivity contribution >= 4 is 27.2 Å². The Labute approximate surface area is 131 Å². The molecule has 21 heavy (non-hydrogen) atoms. The van der Waals surface area contributed by atoms with E-state index in [1.807, 2.05) is 6.92 Å². The van der Waals surface area contributed by atoms with Crippen LogP contribution in [0.4, 0.5) is 0 Å². The lowest BCUT2D eigenvalue weighted by Crippen LogP contribution is -2.49. The van der Waals surface area contributed by atoms with E-state index in [9.17, 15) is 8.42 Å². The number of rotatable bonds is 4. The Bertz CT molecular complexity index is 628. The molecule has 1 saturated heterocycles. The van der Waals surface area contributed by atoms with Gasteiger partial charge in [0, 0.05) is 25.8 Å². The summed E-state index contributed by atoms with van der Waals surface area (Å²) in [6.45, 7) is 2.81. The molecule has 116 valence electrons. The van der Waals surface area contributed by atoms with Crippen LogP contribution >= 0.6 is 12.2 Å². The Morgan fingerprint density at radius 2 is 2.00 bits per heavy atom. The van der Waals surface area contributed by atoms with Gasteiger partial charge in [0.2, 0.25) is 10.0 Å². The molecule has 0 aromatic heterocycles. The van der Waals surface area contributed by atoms with Gasteiger partial charge in [-0.3, -0.25) is 0 Å². The topological polar surface area (TPSA) is 72.6 Å². The molecule has 0 aliphatic carbocycles. The highest BCUT2D eigenvalue weighted by Crippen LogP contribution is 2.28. The normalized spacial score (nSPS) is 23.9. The second kappa shape index (κ2) is 6.00. The van der Waals surface area contributed by atoms with Gasteiger partial charge < -0.3 is 10.5 Å². The molecule has 1 aliphatic rings. The number of methoxy groups -OCH3 is 1. The Kier molecular flexibility index (Phi) is 4.67. The molecule has 1 aromatic carbocycles. The molecule has 0 saturated carbocycles. The summed E-state index contributed by atoms with van der Waals surface area (Å²) in [6.07, 6.45) is 1.64. The number of thiocarbonyl (C=S) groups is 1. The number of ether oxygens (including phenoxy) is 1. The van der Waals surface area contributed by atoms with Gasteiger partial charge in [-0.05, 0) is 31.9 Å². The molecule has 1 fully saturated rings. The second-order valence-electron chi connectivity index (χ2n) is 5.48. The third-order valence-corrected chi connectivity index (χ3v) is 5.99. The molecular formula is C14H20N2O3S2. The van der Waals surface area contributed by atoms with Gasteiger partial charge >= 0.3 is 0 Å². The zero-order chi connectivity index (χ0) is 15.7. The number of hydrogen-bond donors (Lipinski definition) is 1. The van der Waals surface area contributed by atoms with Crippen LogP contribution in [0, 0.1) is 0 Å². The molecule has 0 bridgehead atoms. The first kappa shape index (κ1) is 16.4. The average molecular weight is 328 g/mol. The lowest BCUT2D eigenvalue weighted by atomic mass is 9.96. The minimum absolute atomic E-state index is 0.253. The standard InChI is InChI=1S/C14H20N2O3S2/c1-14(19-2)8-3-9-16(10-14)21(17,18)12-6-4-11(5-7-12)13(15)20/h4-7H,3,8-10H2,1-2H3,(H2,15,20). The van der Waals surface area contributed by atoms with Gasteiger partial charge in [-0.2, -0.15) is 4.31 Å². The zero-order valence-electron chi connectivity index (χ0n) is 12.2. The van der Waals surface area contributed by atoms with Crippen molar-refractivity contribution in [2.24, 2.45) is 5.73 Å². The van der Waals surface area contributed by atoms with Crippen LogP contribution in [-0.2, 0) is 14.8 Å². The predicted octanol–water partition coefficient (Wildman–Crippen LogP) is 1.51. The van der Waals surface area contributed by atoms with Crippen molar-refractivity contribution in [3.8, 4) is 0 Å². The van der Waals surface area contributed by atoms with E-state index in [-0.39, 0.29) is 9.88 Å². The summed E-state index contributed by atoms with van der Waals surface area (Å²) < 4.78 is 32.3. The predicted molar refractivity (Wildman–Crippen MR) is 85.7 cm³/mol. The number of piperidine rings is 1. The molecule has 1 aliphatic heterocycles. The van der Waals surface area contributed by atoms with Gasteiger partial charge in [0.05, 0.1) is 10.5 Å². The highest BCUT2D eigenvalue weighted by molar-refractivity contribution is 7.89. The van der Waals surface area contributed by atoms with Crippen LogP contribution in [0.25, 0.3) is 0 Å². The Morgan fingerprint density at radius 1 is 1.38 bits per heavy atom. The van der Waals surface area contributed by atoms with Gasteiger partial charge in [0.15, 0.2) is 0 Å². The minimum atomic E-state index is -3.52. The van der Waals surface area contributed by atoms with E-state index in [0.29, 0.717) is 18.7 Å². The number of nitrogens with two attached hydrogens (primary N) is 1. The first-order chi connectivity index (χ1) is 9.78. The van der Waals surface area contributed by atoms with E-state index in [1.54, 1.807) is 31.4 Å². The summed E-state index contributed by atoms with van der Waals surface area (Å²) in [5.41, 5.74) is 5.75. The number of sulfonamides is 1. The summed E-state index contributed by atoms with van der Waals surface area (Å²) >= 11 is 4.87. The summed E-state index contributed by atoms with van der Waals surface area (Å²) in [6, 6.07) is 6.36. The lowest BCUT2D eigenvalue weighted by molar-refractivity contribution is -0.0319. The second-order valence-corrected chi connectivity index (χ2v) is 7.86. The van der Waals surface area contributed by atoms with E-state index in [4.69, 9.17) is 22.7 Å². The molecule has 0 radical (unpaired) electrons. The largest absolute Gasteiger partial charge is 0.389 e. The van der Waals surface area contributed by atoms with E-state index < -0.39 is 15.6 Å². The number of benzene rings is 1. The lowest BCUT2D eigenvalue weighted by Gasteiger charge is -2.38. The maximum absolute atomic E-state index is 12.7. The van der Waals surface area contributed by atoms with E-state index in [0.717, 1.165) is 12.8 Å². The fourth-order valence-electron chi connectivity index (χ4n) is 2.47. The minimum Gasteiger partial charge on any atom is -0.389 e. The van der Waals surface area contributed by atoms with Crippen molar-refractivity contribution in [2.75, 3.05) is 20.2 Å². The fraction of sp³-hybridized carbons (Fsp3) is 0.500. The van der Waals surface area contributed by atoms with Crippen molar-refractivity contribution in [2.45, 2.75) is 30.3 Å². The average Bonchev–Trinajstić information content (AvgIpc) is 2.47. The summed E-state index contributed by atoms with van der Waals surface area (Å²) in [7, 11) is -1.90. The van der Waals surface area contributed by atoms with Crippen LogP contribution in [0.5, 0.6) is 0 Å². The number of hydrogen-bond acceptors (Lipinski definition) is 4. The SMILES string of the molecule is COC1(C)CCCN(S(=O)(=O)c2ccc(C(N)=S)cc2)C1. The maximum Gasteiger partial charge on any atom is 0.243 e. The van der Waals surface area contributed by atoms with Gasteiger partial charge in [0.25, 0.3) is 0 Å². The van der Waals surface area contributed by atoms with Crippen molar-refractivity contribution in [1.29, 1.82) is 0 Å². The zero-order valence-corrected chi connectivity index (χ0v) is 13.8. The van der Waals surface area contributed by atoms with Crippen molar-refractivity contribution < 1.29 is 13.2 Å². The molecule has 1 atom stereocenters. The van der Waals surface area contributed by atoms with Crippen LogP contribution in [0.1, 0.15) is 25.3 Å². The van der Waals surface area contributed by atoms with Crippen LogP contribution < -0.4 is 5.73 Å². The molecule has 1 unspecified atom stereocenters. The van der Waals surface area contributed by atoms with Crippen LogP contribution in [-0.4, -0.2) is 43.5 Å². The molecule has 1 heterocycles. The van der Waals surface area contributed by atoms with Crippen molar-refractivity contribution in [1.82, 2.24) is 4.31 Å². The molecule has 0 spiro atoms. The smallest absolute Gasteiger partial charge is 0.243 e. The van der Waals surface area contributed by atoms with Crippen molar-refractivity contribution in [3.05, 3.63) is 29.8 Å². The quantitative estimate of drug-likeness (QED) is 0.848. The third kappa shape index (κ3) is 3.42. The summed E-state index contributed by atoms with van der Waals surface area (Å²) in [5.74, 6) is 0. The van der Waals surface area contributed by atoms with Gasteiger partial charge in [-0.25, -0.2) is 8.42 Å². The van der Waals surface area contributed by atoms with E-state index >= 15 is 0 Å². The Hall–Kier alpha value is -1.02. The molecule has 1 aromatic rings. The van der Waals surface area contributed by atoms with Crippen LogP contribution in [0.15, 0.2) is 29.2 Å². The molecule has 5 nitrogen and oxygen atoms in total. The van der Waals surface area contributed by atoms with Crippen molar-refractivity contribution in [3.63, 3.8) is 0 Å². The van der Waals surface area contributed by atoms with Gasteiger partial charge in [-0.1, -0.05) is 24.4 Å². The van der Waals surface area contributed by atoms with Gasteiger partial charge in [0.1, 0.15) is 4.99 Å². The van der Waals surface area contributed by atoms with Gasteiger partial charge in [-0.15, -0.1) is 0 Å². The molecule has 2 N–H and O–H groups in total. The van der Waals surface area contributed by atoms with Crippen LogP contribution in [0.3, 0.4) is 0 Å². The first-order valence-electron chi connectivity index (χ1n) is 6.74. The molecule has 7 heteroatoms. The molecule has 2 rings (SSSR count). The third-order valence-electron chi connectivity index (χ3n) is 3.89. The molecule has 0 amide bonds. The number of nitrogens with zero attached hydrogens (tertiary/aromatic N) is 1. The first-order valence-corrected chi connectivity index (χ1v) is 8.58. The fourth-order valence-corrected chi connectivity index (χ4v) is 4.20.